The molecule has 0 aromatic carbocycles. The first-order valence-electron chi connectivity index (χ1n) is 8.80. The Hall–Kier alpha value is -1.95. The molecule has 0 unspecified atom stereocenters. The van der Waals surface area contributed by atoms with Gasteiger partial charge in [-0.15, -0.1) is 0 Å². The molecule has 6 nitrogen and oxygen atoms in total. The molecule has 130 valence electrons. The van der Waals surface area contributed by atoms with Gasteiger partial charge in [0, 0.05) is 37.7 Å². The van der Waals surface area contributed by atoms with E-state index in [1.807, 2.05) is 11.0 Å². The molecule has 1 aromatic heterocycles. The normalized spacial score (nSPS) is 20.3. The van der Waals surface area contributed by atoms with Gasteiger partial charge in [0.2, 0.25) is 11.8 Å². The average Bonchev–Trinajstić information content (AvgIpc) is 2.58. The van der Waals surface area contributed by atoms with Gasteiger partial charge in [0.05, 0.1) is 5.69 Å². The van der Waals surface area contributed by atoms with Crippen molar-refractivity contribution in [2.24, 2.45) is 11.8 Å². The van der Waals surface area contributed by atoms with Crippen LogP contribution in [0.3, 0.4) is 0 Å². The second-order valence-corrected chi connectivity index (χ2v) is 6.74. The van der Waals surface area contributed by atoms with Gasteiger partial charge in [-0.2, -0.15) is 0 Å². The number of carbonyl (C=O) groups is 2. The van der Waals surface area contributed by atoms with Gasteiger partial charge in [0.1, 0.15) is 6.10 Å². The summed E-state index contributed by atoms with van der Waals surface area (Å²) >= 11 is 0. The van der Waals surface area contributed by atoms with E-state index in [1.54, 1.807) is 18.3 Å². The van der Waals surface area contributed by atoms with E-state index in [9.17, 15) is 14.7 Å². The Labute approximate surface area is 142 Å². The number of likely N-dealkylation sites (tertiary alicyclic amines) is 1. The lowest BCUT2D eigenvalue weighted by molar-refractivity contribution is -0.141. The Bertz CT molecular complexity index is 566. The predicted octanol–water partition coefficient (Wildman–Crippen LogP) is 1.27. The number of carbonyl (C=O) groups excluding carboxylic acids is 2. The van der Waals surface area contributed by atoms with Crippen molar-refractivity contribution in [2.75, 3.05) is 19.6 Å². The van der Waals surface area contributed by atoms with E-state index in [4.69, 9.17) is 0 Å². The smallest absolute Gasteiger partial charge is 0.225 e. The maximum Gasteiger partial charge on any atom is 0.225 e. The Morgan fingerprint density at radius 1 is 1.21 bits per heavy atom. The van der Waals surface area contributed by atoms with Crippen LogP contribution in [-0.2, 0) is 9.59 Å². The molecule has 1 aromatic rings. The summed E-state index contributed by atoms with van der Waals surface area (Å²) in [7, 11) is 0. The fourth-order valence-corrected chi connectivity index (χ4v) is 3.29. The van der Waals surface area contributed by atoms with Crippen molar-refractivity contribution >= 4 is 11.8 Å². The maximum atomic E-state index is 12.3. The van der Waals surface area contributed by atoms with Crippen LogP contribution in [0.4, 0.5) is 0 Å². The van der Waals surface area contributed by atoms with Crippen LogP contribution in [-0.4, -0.2) is 46.4 Å². The van der Waals surface area contributed by atoms with Gasteiger partial charge in [-0.05, 0) is 37.8 Å². The minimum Gasteiger partial charge on any atom is -0.385 e. The standard InChI is InChI=1S/C18H25N3O3/c22-16(15-6-1-2-9-19-15)12-20-17(23)13-7-10-21(11-8-13)18(24)14-4-3-5-14/h1-2,6,9,13-14,16,22H,3-5,7-8,10-12H2,(H,20,23)/t16-/m0/s1. The van der Waals surface area contributed by atoms with Gasteiger partial charge in [0.25, 0.3) is 0 Å². The minimum atomic E-state index is -0.796. The fraction of sp³-hybridized carbons (Fsp3) is 0.611. The monoisotopic (exact) mass is 331 g/mol. The largest absolute Gasteiger partial charge is 0.385 e. The number of hydrogen-bond donors (Lipinski definition) is 2. The van der Waals surface area contributed by atoms with Gasteiger partial charge in [0.15, 0.2) is 0 Å². The molecule has 2 N–H and O–H groups in total. The first kappa shape index (κ1) is 16.9. The highest BCUT2D eigenvalue weighted by Gasteiger charge is 2.33. The topological polar surface area (TPSA) is 82.5 Å². The number of aliphatic hydroxyl groups excluding tert-OH is 1. The van der Waals surface area contributed by atoms with E-state index in [1.165, 1.54) is 0 Å². The second-order valence-electron chi connectivity index (χ2n) is 6.74. The Morgan fingerprint density at radius 2 is 1.96 bits per heavy atom. The molecule has 1 atom stereocenters. The lowest BCUT2D eigenvalue weighted by Gasteiger charge is -2.36. The summed E-state index contributed by atoms with van der Waals surface area (Å²) in [5, 5.41) is 12.9. The molecular weight excluding hydrogens is 306 g/mol. The summed E-state index contributed by atoms with van der Waals surface area (Å²) in [5.41, 5.74) is 0.554. The molecule has 1 aliphatic heterocycles. The van der Waals surface area contributed by atoms with Crippen molar-refractivity contribution < 1.29 is 14.7 Å². The average molecular weight is 331 g/mol. The lowest BCUT2D eigenvalue weighted by atomic mass is 9.83. The van der Waals surface area contributed by atoms with E-state index >= 15 is 0 Å². The molecule has 2 heterocycles. The van der Waals surface area contributed by atoms with Crippen LogP contribution in [0.2, 0.25) is 0 Å². The van der Waals surface area contributed by atoms with Crippen molar-refractivity contribution in [3.8, 4) is 0 Å². The number of aromatic nitrogens is 1. The third kappa shape index (κ3) is 3.93. The first-order valence-corrected chi connectivity index (χ1v) is 8.80. The van der Waals surface area contributed by atoms with Crippen molar-refractivity contribution in [1.82, 2.24) is 15.2 Å². The van der Waals surface area contributed by atoms with Gasteiger partial charge in [-0.25, -0.2) is 0 Å². The molecule has 0 spiro atoms. The SMILES string of the molecule is O=C(NC[C@H](O)c1ccccn1)C1CCN(C(=O)C2CCC2)CC1. The molecule has 3 rings (SSSR count). The van der Waals surface area contributed by atoms with Crippen molar-refractivity contribution in [3.05, 3.63) is 30.1 Å². The quantitative estimate of drug-likeness (QED) is 0.851. The number of nitrogens with zero attached hydrogens (tertiary/aromatic N) is 2. The van der Waals surface area contributed by atoms with Gasteiger partial charge in [-0.1, -0.05) is 12.5 Å². The summed E-state index contributed by atoms with van der Waals surface area (Å²) in [5.74, 6) is 0.377. The van der Waals surface area contributed by atoms with Crippen LogP contribution < -0.4 is 5.32 Å². The second kappa shape index (κ2) is 7.75. The van der Waals surface area contributed by atoms with Crippen molar-refractivity contribution in [1.29, 1.82) is 0 Å². The summed E-state index contributed by atoms with van der Waals surface area (Å²) in [4.78, 5) is 30.5. The number of amides is 2. The minimum absolute atomic E-state index is 0.0410. The molecule has 2 aliphatic rings. The molecule has 2 fully saturated rings. The summed E-state index contributed by atoms with van der Waals surface area (Å²) in [6.07, 6.45) is 5.42. The number of piperidine rings is 1. The van der Waals surface area contributed by atoms with Gasteiger partial charge < -0.3 is 15.3 Å². The van der Waals surface area contributed by atoms with Crippen LogP contribution in [0.15, 0.2) is 24.4 Å². The van der Waals surface area contributed by atoms with E-state index < -0.39 is 6.10 Å². The van der Waals surface area contributed by atoms with Crippen LogP contribution in [0, 0.1) is 11.8 Å². The molecule has 1 saturated carbocycles. The summed E-state index contributed by atoms with van der Waals surface area (Å²) < 4.78 is 0. The lowest BCUT2D eigenvalue weighted by Crippen LogP contribution is -2.46. The summed E-state index contributed by atoms with van der Waals surface area (Å²) in [6, 6.07) is 5.33. The van der Waals surface area contributed by atoms with Gasteiger partial charge >= 0.3 is 0 Å². The molecule has 24 heavy (non-hydrogen) atoms. The highest BCUT2D eigenvalue weighted by Crippen LogP contribution is 2.30. The molecule has 0 bridgehead atoms. The molecule has 1 saturated heterocycles. The Balaban J connectivity index is 1.41. The molecule has 2 amide bonds. The third-order valence-electron chi connectivity index (χ3n) is 5.13. The Kier molecular flexibility index (Phi) is 5.45. The molecular formula is C18H25N3O3. The zero-order valence-corrected chi connectivity index (χ0v) is 13.9. The van der Waals surface area contributed by atoms with Crippen molar-refractivity contribution in [2.45, 2.75) is 38.2 Å². The molecule has 0 radical (unpaired) electrons. The van der Waals surface area contributed by atoms with E-state index in [0.717, 1.165) is 19.3 Å². The van der Waals surface area contributed by atoms with Crippen molar-refractivity contribution in [3.63, 3.8) is 0 Å². The predicted molar refractivity (Wildman–Crippen MR) is 88.9 cm³/mol. The maximum absolute atomic E-state index is 12.3. The Morgan fingerprint density at radius 3 is 2.54 bits per heavy atom. The number of aliphatic hydroxyl groups is 1. The fourth-order valence-electron chi connectivity index (χ4n) is 3.29. The van der Waals surface area contributed by atoms with E-state index in [-0.39, 0.29) is 30.2 Å². The zero-order chi connectivity index (χ0) is 16.9. The number of hydrogen-bond acceptors (Lipinski definition) is 4. The number of nitrogens with one attached hydrogen (secondary N) is 1. The number of pyridine rings is 1. The highest BCUT2D eigenvalue weighted by atomic mass is 16.3. The highest BCUT2D eigenvalue weighted by molar-refractivity contribution is 5.81. The number of rotatable bonds is 5. The molecule has 1 aliphatic carbocycles. The van der Waals surface area contributed by atoms with Crippen LogP contribution in [0.5, 0.6) is 0 Å². The van der Waals surface area contributed by atoms with E-state index in [2.05, 4.69) is 10.3 Å². The van der Waals surface area contributed by atoms with Crippen LogP contribution in [0.1, 0.15) is 43.9 Å². The third-order valence-corrected chi connectivity index (χ3v) is 5.13. The molecule has 6 heteroatoms. The van der Waals surface area contributed by atoms with Crippen LogP contribution >= 0.6 is 0 Å². The first-order chi connectivity index (χ1) is 11.6. The van der Waals surface area contributed by atoms with E-state index in [0.29, 0.717) is 31.6 Å². The van der Waals surface area contributed by atoms with Crippen LogP contribution in [0.25, 0.3) is 0 Å². The summed E-state index contributed by atoms with van der Waals surface area (Å²) in [6.45, 7) is 1.49. The zero-order valence-electron chi connectivity index (χ0n) is 13.9. The van der Waals surface area contributed by atoms with Gasteiger partial charge in [-0.3, -0.25) is 14.6 Å².